The lowest BCUT2D eigenvalue weighted by atomic mass is 10.1. The minimum absolute atomic E-state index is 0.0904. The molecule has 0 aliphatic carbocycles. The summed E-state index contributed by atoms with van der Waals surface area (Å²) < 4.78 is 9.99. The maximum absolute atomic E-state index is 11.7. The lowest BCUT2D eigenvalue weighted by Crippen LogP contribution is -2.20. The van der Waals surface area contributed by atoms with E-state index in [1.807, 2.05) is 24.3 Å². The van der Waals surface area contributed by atoms with Crippen molar-refractivity contribution in [1.29, 1.82) is 0 Å². The maximum atomic E-state index is 11.7. The number of ether oxygens (including phenoxy) is 1. The summed E-state index contributed by atoms with van der Waals surface area (Å²) in [7, 11) is 0. The summed E-state index contributed by atoms with van der Waals surface area (Å²) in [6.45, 7) is 3.43. The molecule has 0 bridgehead atoms. The fraction of sp³-hybridized carbons (Fsp3) is 0.250. The van der Waals surface area contributed by atoms with Crippen LogP contribution in [0.15, 0.2) is 40.8 Å². The molecule has 2 rings (SSSR count). The molecule has 0 spiro atoms. The highest BCUT2D eigenvalue weighted by Gasteiger charge is 2.13. The van der Waals surface area contributed by atoms with Gasteiger partial charge in [-0.2, -0.15) is 0 Å². The molecule has 0 radical (unpaired) electrons. The van der Waals surface area contributed by atoms with Crippen LogP contribution in [0.3, 0.4) is 0 Å². The lowest BCUT2D eigenvalue weighted by Gasteiger charge is -2.06. The number of amides is 1. The molecule has 0 saturated carbocycles. The Morgan fingerprint density at radius 3 is 2.43 bits per heavy atom. The van der Waals surface area contributed by atoms with Crippen molar-refractivity contribution < 1.29 is 18.7 Å². The third kappa shape index (κ3) is 4.21. The van der Waals surface area contributed by atoms with Crippen LogP contribution in [0, 0.1) is 6.92 Å². The Morgan fingerprint density at radius 1 is 1.14 bits per heavy atom. The SMILES string of the molecule is CCc1ccc(NC(=O)COC(=O)c2ccc(C)o2)cc1. The summed E-state index contributed by atoms with van der Waals surface area (Å²) in [5.74, 6) is -0.342. The zero-order valence-electron chi connectivity index (χ0n) is 12.0. The van der Waals surface area contributed by atoms with Gasteiger partial charge in [0.05, 0.1) is 0 Å². The van der Waals surface area contributed by atoms with Gasteiger partial charge in [-0.25, -0.2) is 4.79 Å². The summed E-state index contributed by atoms with van der Waals surface area (Å²) >= 11 is 0. The molecule has 1 aromatic carbocycles. The zero-order chi connectivity index (χ0) is 15.2. The van der Waals surface area contributed by atoms with Crippen molar-refractivity contribution in [3.8, 4) is 0 Å². The third-order valence-electron chi connectivity index (χ3n) is 2.92. The molecule has 1 amide bonds. The smallest absolute Gasteiger partial charge is 0.374 e. The lowest BCUT2D eigenvalue weighted by molar-refractivity contribution is -0.119. The molecule has 0 aliphatic heterocycles. The number of nitrogens with one attached hydrogen (secondary N) is 1. The van der Waals surface area contributed by atoms with Crippen LogP contribution in [0.4, 0.5) is 5.69 Å². The highest BCUT2D eigenvalue weighted by Crippen LogP contribution is 2.10. The van der Waals surface area contributed by atoms with E-state index < -0.39 is 11.9 Å². The van der Waals surface area contributed by atoms with Crippen molar-refractivity contribution >= 4 is 17.6 Å². The first-order valence-corrected chi connectivity index (χ1v) is 6.71. The van der Waals surface area contributed by atoms with Gasteiger partial charge in [0.2, 0.25) is 5.76 Å². The number of anilines is 1. The van der Waals surface area contributed by atoms with Gasteiger partial charge in [-0.05, 0) is 43.2 Å². The van der Waals surface area contributed by atoms with Crippen LogP contribution in [0.5, 0.6) is 0 Å². The van der Waals surface area contributed by atoms with Gasteiger partial charge in [0.1, 0.15) is 5.76 Å². The molecule has 0 fully saturated rings. The van der Waals surface area contributed by atoms with Gasteiger partial charge in [-0.1, -0.05) is 19.1 Å². The quantitative estimate of drug-likeness (QED) is 0.858. The molecular formula is C16H17NO4. The van der Waals surface area contributed by atoms with Gasteiger partial charge in [-0.15, -0.1) is 0 Å². The second kappa shape index (κ2) is 6.74. The van der Waals surface area contributed by atoms with Crippen molar-refractivity contribution in [2.45, 2.75) is 20.3 Å². The Balaban J connectivity index is 1.82. The summed E-state index contributed by atoms with van der Waals surface area (Å²) in [6.07, 6.45) is 0.939. The van der Waals surface area contributed by atoms with Crippen LogP contribution >= 0.6 is 0 Å². The number of hydrogen-bond donors (Lipinski definition) is 1. The van der Waals surface area contributed by atoms with Crippen LogP contribution in [0.25, 0.3) is 0 Å². The normalized spacial score (nSPS) is 10.2. The standard InChI is InChI=1S/C16H17NO4/c1-3-12-5-7-13(8-6-12)17-15(18)10-20-16(19)14-9-4-11(2)21-14/h4-9H,3,10H2,1-2H3,(H,17,18). The second-order valence-corrected chi connectivity index (χ2v) is 4.59. The molecule has 1 N–H and O–H groups in total. The van der Waals surface area contributed by atoms with Crippen LogP contribution in [0.2, 0.25) is 0 Å². The predicted octanol–water partition coefficient (Wildman–Crippen LogP) is 2.95. The number of carbonyl (C=O) groups excluding carboxylic acids is 2. The molecule has 2 aromatic rings. The maximum Gasteiger partial charge on any atom is 0.374 e. The van der Waals surface area contributed by atoms with E-state index in [9.17, 15) is 9.59 Å². The van der Waals surface area contributed by atoms with Crippen LogP contribution in [0.1, 0.15) is 28.8 Å². The molecule has 0 atom stereocenters. The topological polar surface area (TPSA) is 68.5 Å². The molecule has 0 unspecified atom stereocenters. The Bertz CT molecular complexity index is 628. The molecule has 1 heterocycles. The molecule has 0 saturated heterocycles. The summed E-state index contributed by atoms with van der Waals surface area (Å²) in [5, 5.41) is 2.66. The Hall–Kier alpha value is -2.56. The number of benzene rings is 1. The van der Waals surface area contributed by atoms with Gasteiger partial charge < -0.3 is 14.5 Å². The van der Waals surface area contributed by atoms with Crippen LogP contribution in [-0.4, -0.2) is 18.5 Å². The molecule has 5 nitrogen and oxygen atoms in total. The molecule has 110 valence electrons. The van der Waals surface area contributed by atoms with E-state index in [0.29, 0.717) is 11.4 Å². The fourth-order valence-corrected chi connectivity index (χ4v) is 1.77. The number of carbonyl (C=O) groups is 2. The number of aryl methyl sites for hydroxylation is 2. The van der Waals surface area contributed by atoms with Crippen molar-refractivity contribution in [2.75, 3.05) is 11.9 Å². The summed E-state index contributed by atoms with van der Waals surface area (Å²) in [6, 6.07) is 10.7. The monoisotopic (exact) mass is 287 g/mol. The first-order chi connectivity index (χ1) is 10.1. The average Bonchev–Trinajstić information content (AvgIpc) is 2.92. The van der Waals surface area contributed by atoms with Gasteiger partial charge in [-0.3, -0.25) is 4.79 Å². The van der Waals surface area contributed by atoms with Crippen molar-refractivity contribution in [1.82, 2.24) is 0 Å². The molecule has 21 heavy (non-hydrogen) atoms. The van der Waals surface area contributed by atoms with Gasteiger partial charge in [0.25, 0.3) is 5.91 Å². The zero-order valence-corrected chi connectivity index (χ0v) is 12.0. The molecule has 0 aliphatic rings. The van der Waals surface area contributed by atoms with E-state index in [1.54, 1.807) is 13.0 Å². The van der Waals surface area contributed by atoms with Gasteiger partial charge >= 0.3 is 5.97 Å². The average molecular weight is 287 g/mol. The van der Waals surface area contributed by atoms with Crippen molar-refractivity contribution in [3.63, 3.8) is 0 Å². The minimum Gasteiger partial charge on any atom is -0.454 e. The van der Waals surface area contributed by atoms with E-state index >= 15 is 0 Å². The van der Waals surface area contributed by atoms with Crippen molar-refractivity contribution in [2.24, 2.45) is 0 Å². The van der Waals surface area contributed by atoms with Gasteiger partial charge in [0, 0.05) is 5.69 Å². The Labute approximate surface area is 122 Å². The molecular weight excluding hydrogens is 270 g/mol. The summed E-state index contributed by atoms with van der Waals surface area (Å²) in [5.41, 5.74) is 1.86. The predicted molar refractivity (Wildman–Crippen MR) is 78.2 cm³/mol. The molecule has 5 heteroatoms. The largest absolute Gasteiger partial charge is 0.454 e. The minimum atomic E-state index is -0.653. The Kier molecular flexibility index (Phi) is 4.77. The second-order valence-electron chi connectivity index (χ2n) is 4.59. The third-order valence-corrected chi connectivity index (χ3v) is 2.92. The first kappa shape index (κ1) is 14.8. The Morgan fingerprint density at radius 2 is 1.86 bits per heavy atom. The first-order valence-electron chi connectivity index (χ1n) is 6.71. The van der Waals surface area contributed by atoms with Crippen molar-refractivity contribution in [3.05, 3.63) is 53.5 Å². The van der Waals surface area contributed by atoms with E-state index in [4.69, 9.17) is 9.15 Å². The number of furan rings is 1. The fourth-order valence-electron chi connectivity index (χ4n) is 1.77. The highest BCUT2D eigenvalue weighted by molar-refractivity contribution is 5.94. The number of esters is 1. The van der Waals surface area contributed by atoms with E-state index in [-0.39, 0.29) is 12.4 Å². The van der Waals surface area contributed by atoms with Crippen LogP contribution in [-0.2, 0) is 16.0 Å². The van der Waals surface area contributed by atoms with E-state index in [2.05, 4.69) is 12.2 Å². The number of hydrogen-bond acceptors (Lipinski definition) is 4. The van der Waals surface area contributed by atoms with E-state index in [1.165, 1.54) is 11.6 Å². The number of rotatable bonds is 5. The van der Waals surface area contributed by atoms with E-state index in [0.717, 1.165) is 6.42 Å². The summed E-state index contributed by atoms with van der Waals surface area (Å²) in [4.78, 5) is 23.3. The highest BCUT2D eigenvalue weighted by atomic mass is 16.5. The van der Waals surface area contributed by atoms with Gasteiger partial charge in [0.15, 0.2) is 6.61 Å². The van der Waals surface area contributed by atoms with Crippen LogP contribution < -0.4 is 5.32 Å². The molecule has 1 aromatic heterocycles.